The zero-order valence-electron chi connectivity index (χ0n) is 11.6. The molecule has 1 aromatic heterocycles. The molecule has 0 unspecified atom stereocenters. The number of halogens is 3. The van der Waals surface area contributed by atoms with Crippen LogP contribution in [0.4, 0.5) is 21.5 Å². The van der Waals surface area contributed by atoms with E-state index in [0.29, 0.717) is 33.5 Å². The number of nitriles is 1. The van der Waals surface area contributed by atoms with Gasteiger partial charge in [0.15, 0.2) is 0 Å². The fraction of sp³-hybridized carbons (Fsp3) is 0. The average molecular weight is 392 g/mol. The Bertz CT molecular complexity index is 968. The van der Waals surface area contributed by atoms with Crippen LogP contribution in [0.1, 0.15) is 5.56 Å². The van der Waals surface area contributed by atoms with Crippen LogP contribution >= 0.6 is 27.5 Å². The third-order valence-electron chi connectivity index (χ3n) is 3.30. The van der Waals surface area contributed by atoms with Gasteiger partial charge >= 0.3 is 0 Å². The maximum absolute atomic E-state index is 13.3. The van der Waals surface area contributed by atoms with Crippen molar-refractivity contribution in [2.45, 2.75) is 0 Å². The second kappa shape index (κ2) is 6.03. The van der Waals surface area contributed by atoms with Gasteiger partial charge in [0.25, 0.3) is 0 Å². The normalized spacial score (nSPS) is 10.5. The van der Waals surface area contributed by atoms with E-state index in [9.17, 15) is 9.65 Å². The van der Waals surface area contributed by atoms with Crippen LogP contribution in [0.15, 0.2) is 41.0 Å². The Hall–Kier alpha value is -2.36. The van der Waals surface area contributed by atoms with Crippen molar-refractivity contribution >= 4 is 55.5 Å². The first-order valence-corrected chi connectivity index (χ1v) is 7.66. The highest BCUT2D eigenvalue weighted by Gasteiger charge is 2.12. The second-order valence-corrected chi connectivity index (χ2v) is 6.06. The monoisotopic (exact) mass is 390 g/mol. The maximum atomic E-state index is 13.3. The Morgan fingerprint density at radius 2 is 2.09 bits per heavy atom. The molecule has 0 spiro atoms. The maximum Gasteiger partial charge on any atom is 0.141 e. The number of hydrogen-bond acceptors (Lipinski definition) is 4. The minimum atomic E-state index is -0.509. The first-order valence-electron chi connectivity index (χ1n) is 6.49. The molecule has 2 aromatic carbocycles. The zero-order valence-corrected chi connectivity index (χ0v) is 13.9. The third kappa shape index (κ3) is 2.93. The van der Waals surface area contributed by atoms with E-state index in [2.05, 4.69) is 32.3 Å². The summed E-state index contributed by atoms with van der Waals surface area (Å²) in [4.78, 5) is 4.25. The summed E-state index contributed by atoms with van der Waals surface area (Å²) in [7, 11) is 0. The summed E-state index contributed by atoms with van der Waals surface area (Å²) in [6, 6.07) is 9.82. The van der Waals surface area contributed by atoms with Crippen molar-refractivity contribution in [3.05, 3.63) is 57.4 Å². The van der Waals surface area contributed by atoms with Gasteiger partial charge in [-0.3, -0.25) is 4.98 Å². The molecule has 3 N–H and O–H groups in total. The Labute approximate surface area is 144 Å². The van der Waals surface area contributed by atoms with E-state index in [1.165, 1.54) is 24.4 Å². The standard InChI is InChI=1S/C16H9BrClFN4/c17-11-5-15-10(4-14(11)21)16(8(6-20)7-22-15)23-9-1-2-13(19)12(18)3-9/h1-5,7H,21H2,(H,22,23). The van der Waals surface area contributed by atoms with Gasteiger partial charge in [-0.1, -0.05) is 11.6 Å². The van der Waals surface area contributed by atoms with Crippen molar-refractivity contribution in [3.63, 3.8) is 0 Å². The Morgan fingerprint density at radius 1 is 1.30 bits per heavy atom. The molecule has 114 valence electrons. The summed E-state index contributed by atoms with van der Waals surface area (Å²) in [5.74, 6) is -0.509. The van der Waals surface area contributed by atoms with E-state index < -0.39 is 5.82 Å². The molecule has 0 saturated heterocycles. The van der Waals surface area contributed by atoms with Crippen molar-refractivity contribution in [2.75, 3.05) is 11.1 Å². The molecule has 0 aliphatic carbocycles. The SMILES string of the molecule is N#Cc1cnc2cc(Br)c(N)cc2c1Nc1ccc(F)c(Cl)c1. The van der Waals surface area contributed by atoms with Crippen LogP contribution in [0.25, 0.3) is 10.9 Å². The van der Waals surface area contributed by atoms with E-state index in [-0.39, 0.29) is 5.02 Å². The molecule has 4 nitrogen and oxygen atoms in total. The van der Waals surface area contributed by atoms with Crippen molar-refractivity contribution < 1.29 is 4.39 Å². The van der Waals surface area contributed by atoms with Crippen LogP contribution in [0.2, 0.25) is 5.02 Å². The summed E-state index contributed by atoms with van der Waals surface area (Å²) in [6.45, 7) is 0. The van der Waals surface area contributed by atoms with Gasteiger partial charge in [0.05, 0.1) is 21.8 Å². The summed E-state index contributed by atoms with van der Waals surface area (Å²) in [5, 5.41) is 13.1. The quantitative estimate of drug-likeness (QED) is 0.604. The van der Waals surface area contributed by atoms with E-state index >= 15 is 0 Å². The van der Waals surface area contributed by atoms with Gasteiger partial charge in [-0.15, -0.1) is 0 Å². The fourth-order valence-corrected chi connectivity index (χ4v) is 2.68. The first-order chi connectivity index (χ1) is 11.0. The Morgan fingerprint density at radius 3 is 2.78 bits per heavy atom. The van der Waals surface area contributed by atoms with Gasteiger partial charge in [-0.25, -0.2) is 4.39 Å². The highest BCUT2D eigenvalue weighted by atomic mass is 79.9. The minimum absolute atomic E-state index is 0.00544. The molecule has 3 aromatic rings. The molecule has 3 rings (SSSR count). The van der Waals surface area contributed by atoms with E-state index in [1.54, 1.807) is 12.1 Å². The van der Waals surface area contributed by atoms with Crippen LogP contribution in [-0.2, 0) is 0 Å². The molecule has 0 saturated carbocycles. The predicted molar refractivity (Wildman–Crippen MR) is 93.3 cm³/mol. The Balaban J connectivity index is 2.19. The van der Waals surface area contributed by atoms with Gasteiger partial charge in [0.1, 0.15) is 11.9 Å². The zero-order chi connectivity index (χ0) is 16.6. The molecule has 0 radical (unpaired) electrons. The van der Waals surface area contributed by atoms with Gasteiger partial charge in [-0.2, -0.15) is 5.26 Å². The fourth-order valence-electron chi connectivity index (χ4n) is 2.17. The average Bonchev–Trinajstić information content (AvgIpc) is 2.53. The molecular weight excluding hydrogens is 383 g/mol. The number of nitrogens with two attached hydrogens (primary N) is 1. The highest BCUT2D eigenvalue weighted by Crippen LogP contribution is 2.34. The number of pyridine rings is 1. The summed E-state index contributed by atoms with van der Waals surface area (Å²) >= 11 is 9.15. The van der Waals surface area contributed by atoms with Crippen molar-refractivity contribution in [3.8, 4) is 6.07 Å². The van der Waals surface area contributed by atoms with Crippen molar-refractivity contribution in [1.29, 1.82) is 5.26 Å². The minimum Gasteiger partial charge on any atom is -0.398 e. The molecule has 0 atom stereocenters. The van der Waals surface area contributed by atoms with E-state index in [0.717, 1.165) is 4.47 Å². The first kappa shape index (κ1) is 15.5. The predicted octanol–water partition coefficient (Wildman–Crippen LogP) is 4.99. The van der Waals surface area contributed by atoms with Crippen LogP contribution in [-0.4, -0.2) is 4.98 Å². The lowest BCUT2D eigenvalue weighted by Crippen LogP contribution is -1.98. The smallest absolute Gasteiger partial charge is 0.141 e. The number of nitrogen functional groups attached to an aromatic ring is 1. The number of fused-ring (bicyclic) bond motifs is 1. The summed E-state index contributed by atoms with van der Waals surface area (Å²) in [5.41, 5.74) is 8.56. The van der Waals surface area contributed by atoms with Gasteiger partial charge in [-0.05, 0) is 46.3 Å². The number of benzene rings is 2. The number of nitrogens with zero attached hydrogens (tertiary/aromatic N) is 2. The number of anilines is 3. The molecule has 1 heterocycles. The topological polar surface area (TPSA) is 74.7 Å². The van der Waals surface area contributed by atoms with Crippen LogP contribution < -0.4 is 11.1 Å². The summed E-state index contributed by atoms with van der Waals surface area (Å²) in [6.07, 6.45) is 1.47. The lowest BCUT2D eigenvalue weighted by molar-refractivity contribution is 0.628. The molecule has 0 bridgehead atoms. The molecular formula is C16H9BrClFN4. The molecule has 7 heteroatoms. The highest BCUT2D eigenvalue weighted by molar-refractivity contribution is 9.10. The molecule has 23 heavy (non-hydrogen) atoms. The Kier molecular flexibility index (Phi) is 4.07. The largest absolute Gasteiger partial charge is 0.398 e. The molecule has 0 aliphatic rings. The summed E-state index contributed by atoms with van der Waals surface area (Å²) < 4.78 is 14.0. The molecule has 0 amide bonds. The van der Waals surface area contributed by atoms with E-state index in [4.69, 9.17) is 17.3 Å². The molecule has 0 fully saturated rings. The number of aromatic nitrogens is 1. The second-order valence-electron chi connectivity index (χ2n) is 4.80. The van der Waals surface area contributed by atoms with Crippen LogP contribution in [0, 0.1) is 17.1 Å². The van der Waals surface area contributed by atoms with Crippen molar-refractivity contribution in [2.24, 2.45) is 0 Å². The van der Waals surface area contributed by atoms with E-state index in [1.807, 2.05) is 0 Å². The lowest BCUT2D eigenvalue weighted by atomic mass is 10.1. The molecule has 0 aliphatic heterocycles. The van der Waals surface area contributed by atoms with Crippen LogP contribution in [0.5, 0.6) is 0 Å². The number of rotatable bonds is 2. The third-order valence-corrected chi connectivity index (χ3v) is 4.27. The number of nitrogens with one attached hydrogen (secondary N) is 1. The lowest BCUT2D eigenvalue weighted by Gasteiger charge is -2.13. The van der Waals surface area contributed by atoms with Gasteiger partial charge in [0, 0.05) is 27.4 Å². The van der Waals surface area contributed by atoms with Gasteiger partial charge in [0.2, 0.25) is 0 Å². The van der Waals surface area contributed by atoms with Gasteiger partial charge < -0.3 is 11.1 Å². The number of hydrogen-bond donors (Lipinski definition) is 2. The van der Waals surface area contributed by atoms with Crippen molar-refractivity contribution in [1.82, 2.24) is 4.98 Å². The van der Waals surface area contributed by atoms with Crippen LogP contribution in [0.3, 0.4) is 0 Å².